The molecule has 2 aromatic rings. The van der Waals surface area contributed by atoms with E-state index in [1.54, 1.807) is 10.6 Å². The van der Waals surface area contributed by atoms with E-state index < -0.39 is 5.97 Å². The molecule has 0 unspecified atom stereocenters. The summed E-state index contributed by atoms with van der Waals surface area (Å²) in [5, 5.41) is 9.20. The Kier molecular flexibility index (Phi) is 5.55. The van der Waals surface area contributed by atoms with Crippen molar-refractivity contribution in [3.8, 4) is 0 Å². The molecule has 21 heavy (non-hydrogen) atoms. The lowest BCUT2D eigenvalue weighted by Gasteiger charge is -2.12. The number of carbonyl (C=O) groups is 1. The van der Waals surface area contributed by atoms with Crippen molar-refractivity contribution in [3.05, 3.63) is 57.8 Å². The quantitative estimate of drug-likeness (QED) is 0.829. The number of hydrogen-bond acceptors (Lipinski definition) is 3. The third-order valence-corrected chi connectivity index (χ3v) is 3.66. The maximum atomic E-state index is 11.2. The Balaban J connectivity index is 2.10. The van der Waals surface area contributed by atoms with Crippen LogP contribution in [0.2, 0.25) is 0 Å². The van der Waals surface area contributed by atoms with Gasteiger partial charge in [-0.15, -0.1) is 0 Å². The number of nitrogens with zero attached hydrogens (tertiary/aromatic N) is 1. The van der Waals surface area contributed by atoms with E-state index in [4.69, 9.17) is 9.47 Å². The van der Waals surface area contributed by atoms with Crippen LogP contribution in [0.3, 0.4) is 0 Å². The van der Waals surface area contributed by atoms with Crippen LogP contribution in [0.4, 0.5) is 0 Å². The number of hydrogen-bond donors (Lipinski definition) is 1. The molecular formula is C15H16BrNO4. The van der Waals surface area contributed by atoms with Crippen molar-refractivity contribution in [2.45, 2.75) is 19.9 Å². The van der Waals surface area contributed by atoms with Crippen molar-refractivity contribution < 1.29 is 19.4 Å². The summed E-state index contributed by atoms with van der Waals surface area (Å²) >= 11 is 3.36. The molecule has 1 aromatic heterocycles. The Morgan fingerprint density at radius 1 is 1.29 bits per heavy atom. The Morgan fingerprint density at radius 2 is 2.00 bits per heavy atom. The fourth-order valence-electron chi connectivity index (χ4n) is 2.00. The lowest BCUT2D eigenvalue weighted by atomic mass is 10.2. The average Bonchev–Trinajstić information content (AvgIpc) is 2.78. The van der Waals surface area contributed by atoms with E-state index in [0.717, 1.165) is 5.56 Å². The molecule has 5 nitrogen and oxygen atoms in total. The number of carboxylic acid groups (broad SMARTS) is 1. The van der Waals surface area contributed by atoms with Crippen molar-refractivity contribution in [2.24, 2.45) is 0 Å². The first-order valence-corrected chi connectivity index (χ1v) is 7.14. The highest BCUT2D eigenvalue weighted by Gasteiger charge is 2.18. The Hall–Kier alpha value is -1.63. The van der Waals surface area contributed by atoms with Gasteiger partial charge in [-0.05, 0) is 27.6 Å². The zero-order valence-electron chi connectivity index (χ0n) is 11.6. The number of aromatic carboxylic acids is 1. The molecule has 0 atom stereocenters. The van der Waals surface area contributed by atoms with E-state index >= 15 is 0 Å². The number of benzene rings is 1. The minimum absolute atomic E-state index is 0.210. The third kappa shape index (κ3) is 3.93. The van der Waals surface area contributed by atoms with Gasteiger partial charge in [0, 0.05) is 7.11 Å². The minimum Gasteiger partial charge on any atom is -0.478 e. The van der Waals surface area contributed by atoms with Gasteiger partial charge in [-0.25, -0.2) is 4.79 Å². The molecule has 1 aromatic carbocycles. The Morgan fingerprint density at radius 3 is 2.62 bits per heavy atom. The normalized spacial score (nSPS) is 10.8. The van der Waals surface area contributed by atoms with E-state index in [0.29, 0.717) is 16.9 Å². The fraction of sp³-hybridized carbons (Fsp3) is 0.267. The topological polar surface area (TPSA) is 60.7 Å². The lowest BCUT2D eigenvalue weighted by molar-refractivity contribution is 0.0559. The Bertz CT molecular complexity index is 610. The first-order chi connectivity index (χ1) is 10.1. The number of aromatic nitrogens is 1. The zero-order chi connectivity index (χ0) is 15.2. The van der Waals surface area contributed by atoms with Crippen molar-refractivity contribution in [3.63, 3.8) is 0 Å². The van der Waals surface area contributed by atoms with Crippen molar-refractivity contribution in [2.75, 3.05) is 7.11 Å². The van der Waals surface area contributed by atoms with Gasteiger partial charge in [0.1, 0.15) is 6.73 Å². The summed E-state index contributed by atoms with van der Waals surface area (Å²) in [6, 6.07) is 11.4. The zero-order valence-corrected chi connectivity index (χ0v) is 13.2. The fourth-order valence-corrected chi connectivity index (χ4v) is 2.55. The van der Waals surface area contributed by atoms with Crippen LogP contribution in [0.1, 0.15) is 21.6 Å². The summed E-state index contributed by atoms with van der Waals surface area (Å²) in [6.45, 7) is 0.920. The molecule has 6 heteroatoms. The van der Waals surface area contributed by atoms with E-state index in [1.807, 2.05) is 30.3 Å². The molecule has 0 saturated heterocycles. The predicted octanol–water partition coefficient (Wildman–Crippen LogP) is 3.27. The molecule has 1 N–H and O–H groups in total. The molecule has 0 aliphatic heterocycles. The smallest absolute Gasteiger partial charge is 0.337 e. The van der Waals surface area contributed by atoms with Crippen LogP contribution in [0.15, 0.2) is 41.0 Å². The van der Waals surface area contributed by atoms with E-state index in [2.05, 4.69) is 15.9 Å². The standard InChI is InChI=1S/C15H16BrNO4/c1-20-9-13-12(15(18)19)7-14(16)17(13)10-21-8-11-5-3-2-4-6-11/h2-7H,8-10H2,1H3,(H,18,19). The van der Waals surface area contributed by atoms with E-state index in [1.165, 1.54) is 7.11 Å². The molecule has 0 fully saturated rings. The second-order valence-electron chi connectivity index (χ2n) is 4.46. The first kappa shape index (κ1) is 15.8. The second-order valence-corrected chi connectivity index (χ2v) is 5.27. The van der Waals surface area contributed by atoms with Crippen LogP contribution in [-0.4, -0.2) is 22.8 Å². The van der Waals surface area contributed by atoms with Gasteiger partial charge in [0.2, 0.25) is 0 Å². The van der Waals surface area contributed by atoms with Crippen LogP contribution in [-0.2, 0) is 29.4 Å². The van der Waals surface area contributed by atoms with Crippen LogP contribution >= 0.6 is 15.9 Å². The second kappa shape index (κ2) is 7.40. The monoisotopic (exact) mass is 353 g/mol. The van der Waals surface area contributed by atoms with Gasteiger partial charge in [-0.2, -0.15) is 0 Å². The molecule has 112 valence electrons. The summed E-state index contributed by atoms with van der Waals surface area (Å²) in [7, 11) is 1.53. The molecule has 0 aliphatic carbocycles. The van der Waals surface area contributed by atoms with Gasteiger partial charge in [0.15, 0.2) is 0 Å². The summed E-state index contributed by atoms with van der Waals surface area (Å²) in [6.07, 6.45) is 0. The molecule has 0 saturated carbocycles. The SMILES string of the molecule is COCc1c(C(=O)O)cc(Br)n1COCc1ccccc1. The summed E-state index contributed by atoms with van der Waals surface area (Å²) in [5.41, 5.74) is 1.85. The van der Waals surface area contributed by atoms with Crippen LogP contribution in [0.25, 0.3) is 0 Å². The maximum Gasteiger partial charge on any atom is 0.337 e. The number of ether oxygens (including phenoxy) is 2. The summed E-state index contributed by atoms with van der Waals surface area (Å²) in [4.78, 5) is 11.2. The largest absolute Gasteiger partial charge is 0.478 e. The van der Waals surface area contributed by atoms with Gasteiger partial charge in [-0.3, -0.25) is 0 Å². The first-order valence-electron chi connectivity index (χ1n) is 6.35. The van der Waals surface area contributed by atoms with Crippen molar-refractivity contribution in [1.82, 2.24) is 4.57 Å². The molecule has 1 heterocycles. The number of halogens is 1. The van der Waals surface area contributed by atoms with Gasteiger partial charge in [0.05, 0.1) is 29.1 Å². The highest BCUT2D eigenvalue weighted by atomic mass is 79.9. The third-order valence-electron chi connectivity index (χ3n) is 3.00. The lowest BCUT2D eigenvalue weighted by Crippen LogP contribution is -2.10. The average molecular weight is 354 g/mol. The van der Waals surface area contributed by atoms with Crippen LogP contribution < -0.4 is 0 Å². The maximum absolute atomic E-state index is 11.2. The number of carboxylic acids is 1. The molecule has 2 rings (SSSR count). The van der Waals surface area contributed by atoms with Gasteiger partial charge < -0.3 is 19.1 Å². The molecule has 0 amide bonds. The van der Waals surface area contributed by atoms with Crippen LogP contribution in [0.5, 0.6) is 0 Å². The van der Waals surface area contributed by atoms with Crippen LogP contribution in [0, 0.1) is 0 Å². The van der Waals surface area contributed by atoms with E-state index in [-0.39, 0.29) is 18.9 Å². The van der Waals surface area contributed by atoms with Gasteiger partial charge in [0.25, 0.3) is 0 Å². The van der Waals surface area contributed by atoms with Crippen molar-refractivity contribution in [1.29, 1.82) is 0 Å². The molecule has 0 bridgehead atoms. The summed E-state index contributed by atoms with van der Waals surface area (Å²) < 4.78 is 13.1. The number of rotatable bonds is 7. The van der Waals surface area contributed by atoms with E-state index in [9.17, 15) is 9.90 Å². The molecule has 0 radical (unpaired) electrons. The highest BCUT2D eigenvalue weighted by molar-refractivity contribution is 9.10. The predicted molar refractivity (Wildman–Crippen MR) is 81.0 cm³/mol. The Labute approximate surface area is 131 Å². The minimum atomic E-state index is -0.982. The van der Waals surface area contributed by atoms with Gasteiger partial charge >= 0.3 is 5.97 Å². The molecule has 0 aliphatic rings. The molecule has 0 spiro atoms. The highest BCUT2D eigenvalue weighted by Crippen LogP contribution is 2.22. The van der Waals surface area contributed by atoms with Crippen molar-refractivity contribution >= 4 is 21.9 Å². The summed E-state index contributed by atoms with van der Waals surface area (Å²) in [5.74, 6) is -0.982. The number of methoxy groups -OCH3 is 1. The molecular weight excluding hydrogens is 338 g/mol. The van der Waals surface area contributed by atoms with Gasteiger partial charge in [-0.1, -0.05) is 30.3 Å².